The number of carbonyl (C=O) groups excluding carboxylic acids is 2. The first-order valence-corrected chi connectivity index (χ1v) is 9.46. The molecule has 0 unspecified atom stereocenters. The van der Waals surface area contributed by atoms with E-state index in [4.69, 9.17) is 4.74 Å². The van der Waals surface area contributed by atoms with Crippen LogP contribution in [0.5, 0.6) is 5.75 Å². The van der Waals surface area contributed by atoms with Crippen molar-refractivity contribution in [3.05, 3.63) is 95.6 Å². The Morgan fingerprint density at radius 2 is 1.69 bits per heavy atom. The van der Waals surface area contributed by atoms with Crippen LogP contribution in [0.15, 0.2) is 78.9 Å². The third kappa shape index (κ3) is 5.94. The highest BCUT2D eigenvalue weighted by atomic mass is 16.5. The molecule has 5 heteroatoms. The third-order valence-corrected chi connectivity index (χ3v) is 4.42. The standard InChI is InChI=1S/C24H24N2O3/c1-17-8-6-13-22(14-17)29-16-23(27)25-18(2)20-11-7-12-21(15-20)26-24(28)19-9-4-3-5-10-19/h3-15,18H,16H2,1-2H3,(H,25,27)(H,26,28)/t18-/m1/s1. The maximum Gasteiger partial charge on any atom is 0.258 e. The SMILES string of the molecule is Cc1cccc(OCC(=O)N[C@H](C)c2cccc(NC(=O)c3ccccc3)c2)c1. The van der Waals surface area contributed by atoms with Crippen molar-refractivity contribution in [2.45, 2.75) is 19.9 Å². The van der Waals surface area contributed by atoms with Gasteiger partial charge in [0.25, 0.3) is 11.8 Å². The van der Waals surface area contributed by atoms with Gasteiger partial charge in [-0.1, -0.05) is 42.5 Å². The summed E-state index contributed by atoms with van der Waals surface area (Å²) >= 11 is 0. The van der Waals surface area contributed by atoms with Crippen molar-refractivity contribution in [3.8, 4) is 5.75 Å². The third-order valence-electron chi connectivity index (χ3n) is 4.42. The molecule has 0 aliphatic carbocycles. The van der Waals surface area contributed by atoms with E-state index in [1.807, 2.05) is 80.6 Å². The molecule has 3 rings (SSSR count). The first kappa shape index (κ1) is 20.1. The second-order valence-electron chi connectivity index (χ2n) is 6.84. The van der Waals surface area contributed by atoms with Crippen LogP contribution in [0.25, 0.3) is 0 Å². The molecule has 0 aliphatic rings. The number of rotatable bonds is 7. The molecule has 1 atom stereocenters. The van der Waals surface area contributed by atoms with E-state index in [0.717, 1.165) is 11.1 Å². The summed E-state index contributed by atoms with van der Waals surface area (Å²) in [7, 11) is 0. The molecule has 0 aromatic heterocycles. The molecular weight excluding hydrogens is 364 g/mol. The molecule has 0 bridgehead atoms. The Labute approximate surface area is 170 Å². The topological polar surface area (TPSA) is 67.4 Å². The zero-order chi connectivity index (χ0) is 20.6. The van der Waals surface area contributed by atoms with E-state index in [1.54, 1.807) is 12.1 Å². The number of hydrogen-bond donors (Lipinski definition) is 2. The number of nitrogens with one attached hydrogen (secondary N) is 2. The van der Waals surface area contributed by atoms with Crippen molar-refractivity contribution in [2.75, 3.05) is 11.9 Å². The summed E-state index contributed by atoms with van der Waals surface area (Å²) in [5, 5.41) is 5.80. The highest BCUT2D eigenvalue weighted by Gasteiger charge is 2.12. The predicted molar refractivity (Wildman–Crippen MR) is 114 cm³/mol. The van der Waals surface area contributed by atoms with Crippen LogP contribution >= 0.6 is 0 Å². The van der Waals surface area contributed by atoms with Gasteiger partial charge in [-0.05, 0) is 61.4 Å². The zero-order valence-electron chi connectivity index (χ0n) is 16.5. The Bertz CT molecular complexity index is 986. The van der Waals surface area contributed by atoms with Gasteiger partial charge in [0.2, 0.25) is 0 Å². The van der Waals surface area contributed by atoms with E-state index < -0.39 is 0 Å². The minimum atomic E-state index is -0.225. The number of anilines is 1. The first-order valence-electron chi connectivity index (χ1n) is 9.46. The van der Waals surface area contributed by atoms with Crippen LogP contribution in [-0.2, 0) is 4.79 Å². The highest BCUT2D eigenvalue weighted by Crippen LogP contribution is 2.18. The molecule has 0 aliphatic heterocycles. The van der Waals surface area contributed by atoms with E-state index in [1.165, 1.54) is 0 Å². The normalized spacial score (nSPS) is 11.4. The fourth-order valence-corrected chi connectivity index (χ4v) is 2.90. The summed E-state index contributed by atoms with van der Waals surface area (Å²) in [6, 6.07) is 23.8. The molecule has 2 N–H and O–H groups in total. The smallest absolute Gasteiger partial charge is 0.258 e. The van der Waals surface area contributed by atoms with Crippen molar-refractivity contribution in [1.82, 2.24) is 5.32 Å². The van der Waals surface area contributed by atoms with Crippen LogP contribution in [0, 0.1) is 6.92 Å². The summed E-state index contributed by atoms with van der Waals surface area (Å²) in [5.74, 6) is 0.280. The van der Waals surface area contributed by atoms with Gasteiger partial charge >= 0.3 is 0 Å². The lowest BCUT2D eigenvalue weighted by Crippen LogP contribution is -2.31. The average Bonchev–Trinajstić information content (AvgIpc) is 2.73. The Kier molecular flexibility index (Phi) is 6.63. The molecule has 0 saturated heterocycles. The Morgan fingerprint density at radius 3 is 2.45 bits per heavy atom. The molecule has 0 heterocycles. The summed E-state index contributed by atoms with van der Waals surface area (Å²) < 4.78 is 5.54. The van der Waals surface area contributed by atoms with Gasteiger partial charge in [0.05, 0.1) is 6.04 Å². The number of carbonyl (C=O) groups is 2. The number of hydrogen-bond acceptors (Lipinski definition) is 3. The number of aryl methyl sites for hydroxylation is 1. The molecule has 2 amide bonds. The summed E-state index contributed by atoms with van der Waals surface area (Å²) in [6.45, 7) is 3.81. The first-order chi connectivity index (χ1) is 14.0. The molecule has 0 fully saturated rings. The second kappa shape index (κ2) is 9.55. The van der Waals surface area contributed by atoms with Crippen LogP contribution in [0.1, 0.15) is 34.5 Å². The predicted octanol–water partition coefficient (Wildman–Crippen LogP) is 4.50. The number of ether oxygens (including phenoxy) is 1. The van der Waals surface area contributed by atoms with Gasteiger partial charge in [-0.3, -0.25) is 9.59 Å². The fourth-order valence-electron chi connectivity index (χ4n) is 2.90. The van der Waals surface area contributed by atoms with Crippen molar-refractivity contribution in [1.29, 1.82) is 0 Å². The Hall–Kier alpha value is -3.60. The molecular formula is C24H24N2O3. The molecule has 3 aromatic rings. The molecule has 0 radical (unpaired) electrons. The second-order valence-corrected chi connectivity index (χ2v) is 6.84. The van der Waals surface area contributed by atoms with E-state index in [2.05, 4.69) is 10.6 Å². The van der Waals surface area contributed by atoms with Crippen LogP contribution in [0.3, 0.4) is 0 Å². The Morgan fingerprint density at radius 1 is 0.931 bits per heavy atom. The summed E-state index contributed by atoms with van der Waals surface area (Å²) in [5.41, 5.74) is 3.23. The summed E-state index contributed by atoms with van der Waals surface area (Å²) in [6.07, 6.45) is 0. The minimum Gasteiger partial charge on any atom is -0.484 e. The lowest BCUT2D eigenvalue weighted by molar-refractivity contribution is -0.123. The number of amides is 2. The van der Waals surface area contributed by atoms with Gasteiger partial charge < -0.3 is 15.4 Å². The van der Waals surface area contributed by atoms with Gasteiger partial charge in [-0.25, -0.2) is 0 Å². The average molecular weight is 388 g/mol. The molecule has 29 heavy (non-hydrogen) atoms. The number of benzene rings is 3. The van der Waals surface area contributed by atoms with E-state index >= 15 is 0 Å². The minimum absolute atomic E-state index is 0.0573. The van der Waals surface area contributed by atoms with Crippen LogP contribution in [0.2, 0.25) is 0 Å². The van der Waals surface area contributed by atoms with Gasteiger partial charge in [0.1, 0.15) is 5.75 Å². The summed E-state index contributed by atoms with van der Waals surface area (Å²) in [4.78, 5) is 24.5. The van der Waals surface area contributed by atoms with Gasteiger partial charge in [-0.15, -0.1) is 0 Å². The molecule has 0 saturated carbocycles. The van der Waals surface area contributed by atoms with E-state index in [-0.39, 0.29) is 24.5 Å². The van der Waals surface area contributed by atoms with Crippen LogP contribution in [0.4, 0.5) is 5.69 Å². The lowest BCUT2D eigenvalue weighted by Gasteiger charge is -2.16. The Balaban J connectivity index is 1.56. The fraction of sp³-hybridized carbons (Fsp3) is 0.167. The van der Waals surface area contributed by atoms with Crippen molar-refractivity contribution in [2.24, 2.45) is 0 Å². The van der Waals surface area contributed by atoms with E-state index in [9.17, 15) is 9.59 Å². The van der Waals surface area contributed by atoms with Crippen LogP contribution < -0.4 is 15.4 Å². The molecule has 0 spiro atoms. The maximum atomic E-state index is 12.3. The largest absolute Gasteiger partial charge is 0.484 e. The quantitative estimate of drug-likeness (QED) is 0.626. The van der Waals surface area contributed by atoms with Gasteiger partial charge in [0.15, 0.2) is 6.61 Å². The van der Waals surface area contributed by atoms with Crippen molar-refractivity contribution >= 4 is 17.5 Å². The van der Waals surface area contributed by atoms with Gasteiger partial charge in [0, 0.05) is 11.3 Å². The van der Waals surface area contributed by atoms with Crippen LogP contribution in [-0.4, -0.2) is 18.4 Å². The van der Waals surface area contributed by atoms with E-state index in [0.29, 0.717) is 17.0 Å². The van der Waals surface area contributed by atoms with Gasteiger partial charge in [-0.2, -0.15) is 0 Å². The molecule has 5 nitrogen and oxygen atoms in total. The zero-order valence-corrected chi connectivity index (χ0v) is 16.5. The highest BCUT2D eigenvalue weighted by molar-refractivity contribution is 6.04. The lowest BCUT2D eigenvalue weighted by atomic mass is 10.1. The monoisotopic (exact) mass is 388 g/mol. The van der Waals surface area contributed by atoms with Crippen molar-refractivity contribution in [3.63, 3.8) is 0 Å². The maximum absolute atomic E-state index is 12.3. The molecule has 148 valence electrons. The van der Waals surface area contributed by atoms with Crippen molar-refractivity contribution < 1.29 is 14.3 Å². The molecule has 3 aromatic carbocycles.